The Morgan fingerprint density at radius 2 is 2.23 bits per heavy atom. The Morgan fingerprint density at radius 1 is 1.37 bits per heavy atom. The van der Waals surface area contributed by atoms with Crippen LogP contribution in [0.3, 0.4) is 0 Å². The first-order chi connectivity index (χ1) is 14.5. The summed E-state index contributed by atoms with van der Waals surface area (Å²) in [5, 5.41) is 10.1. The molecule has 4 heterocycles. The number of aromatic carboxylic acids is 1. The van der Waals surface area contributed by atoms with Gasteiger partial charge in [0.1, 0.15) is 24.3 Å². The van der Waals surface area contributed by atoms with Gasteiger partial charge in [0.25, 0.3) is 0 Å². The Hall–Kier alpha value is -3.69. The Labute approximate surface area is 170 Å². The number of nitrogens with one attached hydrogen (secondary N) is 1. The molecule has 1 saturated heterocycles. The van der Waals surface area contributed by atoms with E-state index in [-0.39, 0.29) is 24.1 Å². The number of aromatic nitrogens is 5. The van der Waals surface area contributed by atoms with Crippen molar-refractivity contribution in [3.05, 3.63) is 42.4 Å². The summed E-state index contributed by atoms with van der Waals surface area (Å²) in [4.78, 5) is 29.8. The molecule has 0 bridgehead atoms. The van der Waals surface area contributed by atoms with E-state index in [0.29, 0.717) is 16.6 Å². The highest BCUT2D eigenvalue weighted by atomic mass is 19.1. The first-order valence-corrected chi connectivity index (χ1v) is 9.59. The van der Waals surface area contributed by atoms with Crippen molar-refractivity contribution >= 4 is 33.9 Å². The molecule has 1 aromatic carbocycles. The predicted octanol–water partition coefficient (Wildman–Crippen LogP) is 2.73. The summed E-state index contributed by atoms with van der Waals surface area (Å²) in [5.41, 5.74) is 1.94. The average molecular weight is 410 g/mol. The first kappa shape index (κ1) is 18.3. The molecule has 154 valence electrons. The van der Waals surface area contributed by atoms with E-state index in [1.54, 1.807) is 19.4 Å². The fourth-order valence-electron chi connectivity index (χ4n) is 4.21. The summed E-state index contributed by atoms with van der Waals surface area (Å²) in [6.07, 6.45) is 4.86. The summed E-state index contributed by atoms with van der Waals surface area (Å²) < 4.78 is 21.4. The number of nitrogens with zero attached hydrogens (tertiary/aromatic N) is 5. The molecule has 0 radical (unpaired) electrons. The van der Waals surface area contributed by atoms with Crippen LogP contribution in [0.5, 0.6) is 5.75 Å². The van der Waals surface area contributed by atoms with E-state index in [9.17, 15) is 14.3 Å². The molecule has 1 atom stereocenters. The van der Waals surface area contributed by atoms with Gasteiger partial charge in [-0.25, -0.2) is 24.1 Å². The molecule has 3 aromatic heterocycles. The summed E-state index contributed by atoms with van der Waals surface area (Å²) in [6.45, 7) is 1.03. The Bertz CT molecular complexity index is 1270. The van der Waals surface area contributed by atoms with Gasteiger partial charge in [0.15, 0.2) is 22.9 Å². The fraction of sp³-hybridized carbons (Fsp3) is 0.300. The number of hydrogen-bond acceptors (Lipinski definition) is 6. The molecule has 0 aliphatic carbocycles. The van der Waals surface area contributed by atoms with Crippen molar-refractivity contribution < 1.29 is 19.0 Å². The zero-order chi connectivity index (χ0) is 20.8. The van der Waals surface area contributed by atoms with Crippen molar-refractivity contribution in [3.63, 3.8) is 0 Å². The highest BCUT2D eigenvalue weighted by molar-refractivity contribution is 6.01. The van der Waals surface area contributed by atoms with Gasteiger partial charge >= 0.3 is 5.97 Å². The first-order valence-electron chi connectivity index (χ1n) is 9.59. The maximum atomic E-state index is 13.9. The zero-order valence-electron chi connectivity index (χ0n) is 16.2. The van der Waals surface area contributed by atoms with E-state index in [0.717, 1.165) is 30.7 Å². The minimum atomic E-state index is -1.12. The largest absolute Gasteiger partial charge is 0.488 e. The lowest BCUT2D eigenvalue weighted by Gasteiger charge is -2.25. The van der Waals surface area contributed by atoms with Gasteiger partial charge in [-0.3, -0.25) is 0 Å². The maximum Gasteiger partial charge on any atom is 0.356 e. The number of hydrogen-bond donors (Lipinski definition) is 2. The number of carbonyl (C=O) groups is 1. The smallest absolute Gasteiger partial charge is 0.356 e. The zero-order valence-corrected chi connectivity index (χ0v) is 16.2. The van der Waals surface area contributed by atoms with E-state index in [1.165, 1.54) is 23.0 Å². The van der Waals surface area contributed by atoms with Crippen molar-refractivity contribution in [2.45, 2.75) is 18.9 Å². The molecule has 1 aliphatic heterocycles. The molecular formula is C20H19FN6O3. The molecule has 5 rings (SSSR count). The minimum Gasteiger partial charge on any atom is -0.488 e. The van der Waals surface area contributed by atoms with Crippen LogP contribution in [0.15, 0.2) is 30.9 Å². The van der Waals surface area contributed by atoms with Crippen molar-refractivity contribution in [3.8, 4) is 5.75 Å². The van der Waals surface area contributed by atoms with Crippen LogP contribution >= 0.6 is 0 Å². The number of halogens is 1. The van der Waals surface area contributed by atoms with Gasteiger partial charge in [0.2, 0.25) is 0 Å². The second-order valence-electron chi connectivity index (χ2n) is 7.30. The van der Waals surface area contributed by atoms with Crippen LogP contribution in [0.2, 0.25) is 0 Å². The number of aryl methyl sites for hydroxylation is 1. The fourth-order valence-corrected chi connectivity index (χ4v) is 4.21. The highest BCUT2D eigenvalue weighted by Crippen LogP contribution is 2.35. The number of anilines is 1. The van der Waals surface area contributed by atoms with Crippen molar-refractivity contribution in [2.75, 3.05) is 18.1 Å². The monoisotopic (exact) mass is 410 g/mol. The third kappa shape index (κ3) is 2.83. The van der Waals surface area contributed by atoms with E-state index < -0.39 is 11.8 Å². The molecule has 0 saturated carbocycles. The SMILES string of the molecule is Cn1c(C(=O)O)c(OCC2CCCN2c2ncnc3nc[nH]c23)c2cc(F)ccc21. The van der Waals surface area contributed by atoms with E-state index >= 15 is 0 Å². The molecular weight excluding hydrogens is 391 g/mol. The molecule has 0 spiro atoms. The van der Waals surface area contributed by atoms with Crippen molar-refractivity contribution in [1.82, 2.24) is 24.5 Å². The normalized spacial score (nSPS) is 16.6. The van der Waals surface area contributed by atoms with Crippen LogP contribution in [0.4, 0.5) is 10.2 Å². The van der Waals surface area contributed by atoms with E-state index in [4.69, 9.17) is 4.74 Å². The minimum absolute atomic E-state index is 0.00172. The number of ether oxygens (including phenoxy) is 1. The standard InChI is InChI=1S/C20H19FN6O3/c1-26-14-5-4-11(21)7-13(14)17(16(26)20(28)29)30-8-12-3-2-6-27(12)19-15-18(23-9-22-15)24-10-25-19/h4-5,7,9-10,12H,2-3,6,8H2,1H3,(H,28,29)(H,22,23,24,25). The van der Waals surface area contributed by atoms with Crippen LogP contribution in [-0.2, 0) is 7.05 Å². The van der Waals surface area contributed by atoms with Crippen molar-refractivity contribution in [2.24, 2.45) is 7.05 Å². The molecule has 1 fully saturated rings. The molecule has 1 aliphatic rings. The highest BCUT2D eigenvalue weighted by Gasteiger charge is 2.30. The van der Waals surface area contributed by atoms with Gasteiger partial charge in [-0.15, -0.1) is 0 Å². The second kappa shape index (κ2) is 6.97. The van der Waals surface area contributed by atoms with Crippen LogP contribution in [0.25, 0.3) is 22.1 Å². The van der Waals surface area contributed by atoms with Gasteiger partial charge in [-0.1, -0.05) is 0 Å². The van der Waals surface area contributed by atoms with Crippen LogP contribution < -0.4 is 9.64 Å². The predicted molar refractivity (Wildman–Crippen MR) is 107 cm³/mol. The summed E-state index contributed by atoms with van der Waals surface area (Å²) in [5.74, 6) is -0.644. The Morgan fingerprint density at radius 3 is 3.07 bits per heavy atom. The van der Waals surface area contributed by atoms with E-state index in [1.807, 2.05) is 0 Å². The number of fused-ring (bicyclic) bond motifs is 2. The molecule has 2 N–H and O–H groups in total. The molecule has 30 heavy (non-hydrogen) atoms. The third-order valence-corrected chi connectivity index (χ3v) is 5.59. The quantitative estimate of drug-likeness (QED) is 0.521. The number of H-pyrrole nitrogens is 1. The van der Waals surface area contributed by atoms with Crippen LogP contribution in [-0.4, -0.2) is 54.8 Å². The van der Waals surface area contributed by atoms with Gasteiger partial charge in [-0.2, -0.15) is 0 Å². The van der Waals surface area contributed by atoms with Crippen molar-refractivity contribution in [1.29, 1.82) is 0 Å². The number of aromatic amines is 1. The summed E-state index contributed by atoms with van der Waals surface area (Å²) >= 11 is 0. The summed E-state index contributed by atoms with van der Waals surface area (Å²) in [6, 6.07) is 4.15. The van der Waals surface area contributed by atoms with Crippen LogP contribution in [0.1, 0.15) is 23.3 Å². The average Bonchev–Trinajstić information content (AvgIpc) is 3.43. The second-order valence-corrected chi connectivity index (χ2v) is 7.30. The van der Waals surface area contributed by atoms with E-state index in [2.05, 4.69) is 24.8 Å². The Kier molecular flexibility index (Phi) is 4.27. The topological polar surface area (TPSA) is 109 Å². The molecule has 1 unspecified atom stereocenters. The van der Waals surface area contributed by atoms with Gasteiger partial charge in [0.05, 0.1) is 17.9 Å². The number of benzene rings is 1. The number of carboxylic acid groups (broad SMARTS) is 1. The van der Waals surface area contributed by atoms with Gasteiger partial charge < -0.3 is 24.3 Å². The lowest BCUT2D eigenvalue weighted by atomic mass is 10.2. The lowest BCUT2D eigenvalue weighted by molar-refractivity contribution is 0.0682. The molecule has 0 amide bonds. The number of carboxylic acids is 1. The summed E-state index contributed by atoms with van der Waals surface area (Å²) in [7, 11) is 1.63. The number of rotatable bonds is 5. The van der Waals surface area contributed by atoms with Gasteiger partial charge in [0, 0.05) is 19.0 Å². The maximum absolute atomic E-state index is 13.9. The number of imidazole rings is 1. The lowest BCUT2D eigenvalue weighted by Crippen LogP contribution is -2.35. The molecule has 4 aromatic rings. The van der Waals surface area contributed by atoms with Gasteiger partial charge in [-0.05, 0) is 31.0 Å². The molecule has 9 nitrogen and oxygen atoms in total. The molecule has 10 heteroatoms. The van der Waals surface area contributed by atoms with Crippen LogP contribution in [0, 0.1) is 5.82 Å². The third-order valence-electron chi connectivity index (χ3n) is 5.59. The Balaban J connectivity index is 1.48.